The highest BCUT2D eigenvalue weighted by molar-refractivity contribution is 5.82. The first kappa shape index (κ1) is 22.2. The standard InChI is InChI=1S/C23H34O3/c1-3-4-5-6-12-15-18-21-22(26-21)19-16-13-10-8-7-9-11-14-17-20-23(24)25-2/h7-11,13-14,16-17,20-22H,3-6,12,15,18-19H2,1-2H3. The number of unbranched alkanes of at least 4 members (excludes halogenated alkanes) is 5. The third kappa shape index (κ3) is 12.5. The number of hydrogen-bond donors (Lipinski definition) is 0. The Morgan fingerprint density at radius 1 is 0.846 bits per heavy atom. The highest BCUT2D eigenvalue weighted by Crippen LogP contribution is 2.30. The number of epoxide rings is 1. The van der Waals surface area contributed by atoms with Crippen molar-refractivity contribution in [3.63, 3.8) is 0 Å². The van der Waals surface area contributed by atoms with Gasteiger partial charge >= 0.3 is 5.97 Å². The van der Waals surface area contributed by atoms with Crippen LogP contribution in [0.3, 0.4) is 0 Å². The number of hydrogen-bond acceptors (Lipinski definition) is 3. The molecule has 3 nitrogen and oxygen atoms in total. The molecule has 3 heteroatoms. The zero-order valence-corrected chi connectivity index (χ0v) is 16.3. The molecule has 1 saturated heterocycles. The topological polar surface area (TPSA) is 38.8 Å². The SMILES string of the molecule is CCCCCCCCC1OC1CC=CC=CC=CC=CC=CC(=O)OC. The van der Waals surface area contributed by atoms with Crippen molar-refractivity contribution < 1.29 is 14.3 Å². The molecule has 1 aliphatic heterocycles. The predicted molar refractivity (Wildman–Crippen MR) is 109 cm³/mol. The predicted octanol–water partition coefficient (Wildman–Crippen LogP) is 5.85. The molecule has 0 radical (unpaired) electrons. The summed E-state index contributed by atoms with van der Waals surface area (Å²) in [5.41, 5.74) is 0. The van der Waals surface area contributed by atoms with Gasteiger partial charge in [-0.2, -0.15) is 0 Å². The van der Waals surface area contributed by atoms with Crippen LogP contribution in [0, 0.1) is 0 Å². The first-order valence-corrected chi connectivity index (χ1v) is 9.84. The number of ether oxygens (including phenoxy) is 2. The third-order valence-electron chi connectivity index (χ3n) is 4.25. The molecule has 0 spiro atoms. The number of carbonyl (C=O) groups excluding carboxylic acids is 1. The molecule has 1 fully saturated rings. The molecule has 1 aliphatic rings. The molecule has 0 aromatic heterocycles. The fourth-order valence-electron chi connectivity index (χ4n) is 2.64. The molecule has 2 atom stereocenters. The van der Waals surface area contributed by atoms with Gasteiger partial charge in [0.05, 0.1) is 19.3 Å². The van der Waals surface area contributed by atoms with Gasteiger partial charge in [0.1, 0.15) is 0 Å². The lowest BCUT2D eigenvalue weighted by Crippen LogP contribution is -1.92. The first-order chi connectivity index (χ1) is 12.8. The van der Waals surface area contributed by atoms with Crippen molar-refractivity contribution in [2.75, 3.05) is 7.11 Å². The summed E-state index contributed by atoms with van der Waals surface area (Å²) in [7, 11) is 1.36. The van der Waals surface area contributed by atoms with Crippen LogP contribution in [0.1, 0.15) is 58.3 Å². The van der Waals surface area contributed by atoms with Crippen LogP contribution < -0.4 is 0 Å². The van der Waals surface area contributed by atoms with E-state index in [1.54, 1.807) is 12.2 Å². The Morgan fingerprint density at radius 2 is 1.46 bits per heavy atom. The van der Waals surface area contributed by atoms with E-state index in [4.69, 9.17) is 4.74 Å². The van der Waals surface area contributed by atoms with Crippen molar-refractivity contribution in [3.8, 4) is 0 Å². The highest BCUT2D eigenvalue weighted by Gasteiger charge is 2.36. The molecule has 0 N–H and O–H groups in total. The molecule has 26 heavy (non-hydrogen) atoms. The smallest absolute Gasteiger partial charge is 0.330 e. The summed E-state index contributed by atoms with van der Waals surface area (Å²) in [5, 5.41) is 0. The van der Waals surface area contributed by atoms with Crippen LogP contribution in [0.4, 0.5) is 0 Å². The molecule has 144 valence electrons. The third-order valence-corrected chi connectivity index (χ3v) is 4.25. The minimum Gasteiger partial charge on any atom is -0.466 e. The summed E-state index contributed by atoms with van der Waals surface area (Å²) in [5.74, 6) is -0.350. The quantitative estimate of drug-likeness (QED) is 0.129. The van der Waals surface area contributed by atoms with Gasteiger partial charge in [-0.05, 0) is 12.8 Å². The van der Waals surface area contributed by atoms with Gasteiger partial charge in [-0.25, -0.2) is 4.79 Å². The summed E-state index contributed by atoms with van der Waals surface area (Å²) < 4.78 is 10.2. The van der Waals surface area contributed by atoms with Crippen LogP contribution in [0.25, 0.3) is 0 Å². The highest BCUT2D eigenvalue weighted by atomic mass is 16.6. The molecule has 0 saturated carbocycles. The van der Waals surface area contributed by atoms with E-state index in [0.29, 0.717) is 12.2 Å². The summed E-state index contributed by atoms with van der Waals surface area (Å²) in [6, 6.07) is 0. The number of allylic oxidation sites excluding steroid dienone is 8. The second-order valence-electron chi connectivity index (χ2n) is 6.47. The molecule has 2 unspecified atom stereocenters. The molecular weight excluding hydrogens is 324 g/mol. The van der Waals surface area contributed by atoms with Crippen LogP contribution in [0.5, 0.6) is 0 Å². The Kier molecular flexibility index (Phi) is 13.1. The van der Waals surface area contributed by atoms with E-state index in [9.17, 15) is 4.79 Å². The van der Waals surface area contributed by atoms with E-state index in [0.717, 1.165) is 6.42 Å². The van der Waals surface area contributed by atoms with Crippen molar-refractivity contribution in [1.29, 1.82) is 0 Å². The molecular formula is C23H34O3. The van der Waals surface area contributed by atoms with Gasteiger partial charge in [-0.1, -0.05) is 100 Å². The van der Waals surface area contributed by atoms with Crippen molar-refractivity contribution in [1.82, 2.24) is 0 Å². The Bertz CT molecular complexity index is 512. The van der Waals surface area contributed by atoms with Gasteiger partial charge in [0.25, 0.3) is 0 Å². The lowest BCUT2D eigenvalue weighted by atomic mass is 10.1. The molecule has 1 rings (SSSR count). The second kappa shape index (κ2) is 15.4. The minimum absolute atomic E-state index is 0.350. The first-order valence-electron chi connectivity index (χ1n) is 9.84. The van der Waals surface area contributed by atoms with Gasteiger partial charge in [0, 0.05) is 6.08 Å². The summed E-state index contributed by atoms with van der Waals surface area (Å²) in [6.45, 7) is 2.26. The van der Waals surface area contributed by atoms with E-state index < -0.39 is 0 Å². The summed E-state index contributed by atoms with van der Waals surface area (Å²) >= 11 is 0. The van der Waals surface area contributed by atoms with Crippen LogP contribution in [-0.2, 0) is 14.3 Å². The van der Waals surface area contributed by atoms with Gasteiger partial charge in [-0.3, -0.25) is 0 Å². The van der Waals surface area contributed by atoms with E-state index in [1.807, 2.05) is 30.4 Å². The van der Waals surface area contributed by atoms with Crippen molar-refractivity contribution in [2.45, 2.75) is 70.5 Å². The van der Waals surface area contributed by atoms with E-state index in [2.05, 4.69) is 23.8 Å². The molecule has 0 bridgehead atoms. The van der Waals surface area contributed by atoms with Gasteiger partial charge in [0.2, 0.25) is 0 Å². The monoisotopic (exact) mass is 358 g/mol. The number of methoxy groups -OCH3 is 1. The van der Waals surface area contributed by atoms with Crippen molar-refractivity contribution >= 4 is 5.97 Å². The van der Waals surface area contributed by atoms with E-state index >= 15 is 0 Å². The maximum absolute atomic E-state index is 10.8. The zero-order valence-electron chi connectivity index (χ0n) is 16.3. The van der Waals surface area contributed by atoms with Gasteiger partial charge in [-0.15, -0.1) is 0 Å². The zero-order chi connectivity index (χ0) is 18.9. The molecule has 0 aromatic carbocycles. The maximum atomic E-state index is 10.8. The molecule has 0 aliphatic carbocycles. The second-order valence-corrected chi connectivity index (χ2v) is 6.47. The molecule has 1 heterocycles. The van der Waals surface area contributed by atoms with Crippen molar-refractivity contribution in [2.24, 2.45) is 0 Å². The number of esters is 1. The lowest BCUT2D eigenvalue weighted by Gasteiger charge is -1.98. The van der Waals surface area contributed by atoms with Crippen molar-refractivity contribution in [3.05, 3.63) is 60.8 Å². The number of rotatable bonds is 14. The van der Waals surface area contributed by atoms with Crippen LogP contribution >= 0.6 is 0 Å². The molecule has 0 aromatic rings. The van der Waals surface area contributed by atoms with Crippen LogP contribution in [0.2, 0.25) is 0 Å². The van der Waals surface area contributed by atoms with Gasteiger partial charge in [0.15, 0.2) is 0 Å². The average Bonchev–Trinajstić information content (AvgIpc) is 3.40. The van der Waals surface area contributed by atoms with E-state index in [1.165, 1.54) is 58.1 Å². The van der Waals surface area contributed by atoms with Crippen LogP contribution in [0.15, 0.2) is 60.8 Å². The normalized spacial score (nSPS) is 20.4. The minimum atomic E-state index is -0.350. The van der Waals surface area contributed by atoms with Gasteiger partial charge < -0.3 is 9.47 Å². The fourth-order valence-corrected chi connectivity index (χ4v) is 2.64. The Labute approximate surface area is 159 Å². The Balaban J connectivity index is 2.00. The van der Waals surface area contributed by atoms with E-state index in [-0.39, 0.29) is 5.97 Å². The summed E-state index contributed by atoms with van der Waals surface area (Å²) in [6.07, 6.45) is 30.0. The molecule has 0 amide bonds. The lowest BCUT2D eigenvalue weighted by molar-refractivity contribution is -0.134. The Hall–Kier alpha value is -1.87. The fraction of sp³-hybridized carbons (Fsp3) is 0.522. The number of carbonyl (C=O) groups is 1. The maximum Gasteiger partial charge on any atom is 0.330 e. The summed E-state index contributed by atoms with van der Waals surface area (Å²) in [4.78, 5) is 10.8. The van der Waals surface area contributed by atoms with Crippen LogP contribution in [-0.4, -0.2) is 25.3 Å². The average molecular weight is 359 g/mol. The largest absolute Gasteiger partial charge is 0.466 e. The Morgan fingerprint density at radius 3 is 2.15 bits per heavy atom.